The van der Waals surface area contributed by atoms with Crippen LogP contribution in [-0.2, 0) is 0 Å². The summed E-state index contributed by atoms with van der Waals surface area (Å²) in [6.45, 7) is 4.20. The van der Waals surface area contributed by atoms with E-state index in [1.165, 1.54) is 36.4 Å². The van der Waals surface area contributed by atoms with Gasteiger partial charge in [-0.25, -0.2) is 0 Å². The van der Waals surface area contributed by atoms with Gasteiger partial charge in [0.05, 0.1) is 6.61 Å². The maximum absolute atomic E-state index is 10.2. The SMILES string of the molecule is Oc1ccc([C@H]2COc3ccc(O)cc3C2c2ccc(SCCN3CCCC3)cc2)cc1. The molecule has 0 aromatic heterocycles. The van der Waals surface area contributed by atoms with Crippen LogP contribution in [0.15, 0.2) is 71.6 Å². The second-order valence-electron chi connectivity index (χ2n) is 8.68. The minimum atomic E-state index is 0.0686. The lowest BCUT2D eigenvalue weighted by Gasteiger charge is -2.34. The van der Waals surface area contributed by atoms with Crippen molar-refractivity contribution in [3.05, 3.63) is 83.4 Å². The van der Waals surface area contributed by atoms with Gasteiger partial charge in [0.15, 0.2) is 0 Å². The third-order valence-corrected chi connectivity index (χ3v) is 7.58. The molecular formula is C27H29NO3S. The van der Waals surface area contributed by atoms with Gasteiger partial charge in [-0.2, -0.15) is 0 Å². The summed E-state index contributed by atoms with van der Waals surface area (Å²) in [5, 5.41) is 19.9. The Morgan fingerprint density at radius 1 is 0.844 bits per heavy atom. The second-order valence-corrected chi connectivity index (χ2v) is 9.84. The number of phenols is 2. The Morgan fingerprint density at radius 3 is 2.28 bits per heavy atom. The number of thioether (sulfide) groups is 1. The van der Waals surface area contributed by atoms with Crippen molar-refractivity contribution in [1.82, 2.24) is 4.90 Å². The van der Waals surface area contributed by atoms with Gasteiger partial charge in [-0.1, -0.05) is 24.3 Å². The lowest BCUT2D eigenvalue weighted by atomic mass is 9.76. The first kappa shape index (κ1) is 21.2. The number of likely N-dealkylation sites (tertiary alicyclic amines) is 1. The van der Waals surface area contributed by atoms with Crippen LogP contribution in [0.1, 0.15) is 41.4 Å². The summed E-state index contributed by atoms with van der Waals surface area (Å²) in [5.74, 6) is 2.61. The van der Waals surface area contributed by atoms with Crippen molar-refractivity contribution in [2.24, 2.45) is 0 Å². The van der Waals surface area contributed by atoms with E-state index in [0.717, 1.165) is 29.2 Å². The average Bonchev–Trinajstić information content (AvgIpc) is 3.33. The van der Waals surface area contributed by atoms with Crippen molar-refractivity contribution in [1.29, 1.82) is 0 Å². The van der Waals surface area contributed by atoms with Crippen molar-refractivity contribution in [3.8, 4) is 17.2 Å². The zero-order valence-corrected chi connectivity index (χ0v) is 18.9. The molecule has 2 atom stereocenters. The van der Waals surface area contributed by atoms with Gasteiger partial charge in [-0.3, -0.25) is 0 Å². The summed E-state index contributed by atoms with van der Waals surface area (Å²) in [6.07, 6.45) is 2.67. The van der Waals surface area contributed by atoms with E-state index in [0.29, 0.717) is 6.61 Å². The minimum absolute atomic E-state index is 0.0686. The van der Waals surface area contributed by atoms with E-state index >= 15 is 0 Å². The van der Waals surface area contributed by atoms with Crippen LogP contribution in [0.2, 0.25) is 0 Å². The molecule has 0 amide bonds. The van der Waals surface area contributed by atoms with Gasteiger partial charge < -0.3 is 19.8 Å². The fraction of sp³-hybridized carbons (Fsp3) is 0.333. The molecule has 0 aliphatic carbocycles. The number of phenolic OH excluding ortho intramolecular Hbond substituents is 2. The summed E-state index contributed by atoms with van der Waals surface area (Å²) in [5.41, 5.74) is 3.33. The van der Waals surface area contributed by atoms with E-state index in [1.54, 1.807) is 18.2 Å². The molecule has 166 valence electrons. The zero-order chi connectivity index (χ0) is 21.9. The number of rotatable bonds is 6. The van der Waals surface area contributed by atoms with Gasteiger partial charge in [0.25, 0.3) is 0 Å². The number of ether oxygens (including phenoxy) is 1. The first-order valence-electron chi connectivity index (χ1n) is 11.4. The van der Waals surface area contributed by atoms with Crippen LogP contribution in [-0.4, -0.2) is 47.1 Å². The number of aromatic hydroxyl groups is 2. The third-order valence-electron chi connectivity index (χ3n) is 6.58. The van der Waals surface area contributed by atoms with Gasteiger partial charge in [-0.05, 0) is 79.5 Å². The predicted molar refractivity (Wildman–Crippen MR) is 129 cm³/mol. The van der Waals surface area contributed by atoms with Gasteiger partial charge in [-0.15, -0.1) is 11.8 Å². The van der Waals surface area contributed by atoms with Gasteiger partial charge in [0, 0.05) is 34.6 Å². The maximum atomic E-state index is 10.2. The Balaban J connectivity index is 1.40. The van der Waals surface area contributed by atoms with E-state index in [-0.39, 0.29) is 23.3 Å². The van der Waals surface area contributed by atoms with Crippen LogP contribution in [0.4, 0.5) is 0 Å². The molecule has 1 fully saturated rings. The van der Waals surface area contributed by atoms with Crippen molar-refractivity contribution >= 4 is 11.8 Å². The number of fused-ring (bicyclic) bond motifs is 1. The highest BCUT2D eigenvalue weighted by Crippen LogP contribution is 2.47. The third kappa shape index (κ3) is 4.59. The highest BCUT2D eigenvalue weighted by atomic mass is 32.2. The average molecular weight is 448 g/mol. The quantitative estimate of drug-likeness (QED) is 0.482. The van der Waals surface area contributed by atoms with Crippen molar-refractivity contribution < 1.29 is 14.9 Å². The fourth-order valence-electron chi connectivity index (χ4n) is 4.90. The van der Waals surface area contributed by atoms with E-state index < -0.39 is 0 Å². The first-order chi connectivity index (χ1) is 15.7. The van der Waals surface area contributed by atoms with E-state index in [2.05, 4.69) is 29.2 Å². The Bertz CT molecular complexity index is 1050. The fourth-order valence-corrected chi connectivity index (χ4v) is 5.81. The van der Waals surface area contributed by atoms with Crippen LogP contribution >= 0.6 is 11.8 Å². The van der Waals surface area contributed by atoms with Crippen molar-refractivity contribution in [2.45, 2.75) is 29.6 Å². The Morgan fingerprint density at radius 2 is 1.53 bits per heavy atom. The van der Waals surface area contributed by atoms with E-state index in [4.69, 9.17) is 4.74 Å². The summed E-state index contributed by atoms with van der Waals surface area (Å²) in [6, 6.07) is 21.6. The topological polar surface area (TPSA) is 52.9 Å². The van der Waals surface area contributed by atoms with Crippen molar-refractivity contribution in [3.63, 3.8) is 0 Å². The molecule has 0 saturated carbocycles. The molecule has 5 heteroatoms. The molecule has 2 heterocycles. The highest BCUT2D eigenvalue weighted by Gasteiger charge is 2.33. The van der Waals surface area contributed by atoms with Crippen LogP contribution < -0.4 is 4.74 Å². The molecule has 1 saturated heterocycles. The smallest absolute Gasteiger partial charge is 0.123 e. The number of hydrogen-bond donors (Lipinski definition) is 2. The van der Waals surface area contributed by atoms with Gasteiger partial charge >= 0.3 is 0 Å². The molecule has 5 rings (SSSR count). The predicted octanol–water partition coefficient (Wildman–Crippen LogP) is 5.59. The summed E-state index contributed by atoms with van der Waals surface area (Å²) in [4.78, 5) is 3.84. The minimum Gasteiger partial charge on any atom is -0.508 e. The van der Waals surface area contributed by atoms with Crippen LogP contribution in [0.25, 0.3) is 0 Å². The molecular weight excluding hydrogens is 418 g/mol. The summed E-state index contributed by atoms with van der Waals surface area (Å²) >= 11 is 1.92. The highest BCUT2D eigenvalue weighted by molar-refractivity contribution is 7.99. The normalized spacial score (nSPS) is 20.6. The molecule has 0 spiro atoms. The number of hydrogen-bond acceptors (Lipinski definition) is 5. The number of nitrogens with zero attached hydrogens (tertiary/aromatic N) is 1. The molecule has 4 nitrogen and oxygen atoms in total. The Labute approximate surface area is 193 Å². The molecule has 0 radical (unpaired) electrons. The lowest BCUT2D eigenvalue weighted by molar-refractivity contribution is 0.248. The van der Waals surface area contributed by atoms with Crippen LogP contribution in [0.5, 0.6) is 17.2 Å². The van der Waals surface area contributed by atoms with Gasteiger partial charge in [0.2, 0.25) is 0 Å². The molecule has 2 aliphatic heterocycles. The lowest BCUT2D eigenvalue weighted by Crippen LogP contribution is -2.25. The second kappa shape index (κ2) is 9.47. The molecule has 3 aromatic carbocycles. The van der Waals surface area contributed by atoms with Crippen LogP contribution in [0, 0.1) is 0 Å². The molecule has 3 aromatic rings. The largest absolute Gasteiger partial charge is 0.508 e. The maximum Gasteiger partial charge on any atom is 0.123 e. The summed E-state index contributed by atoms with van der Waals surface area (Å²) in [7, 11) is 0. The van der Waals surface area contributed by atoms with Crippen molar-refractivity contribution in [2.75, 3.05) is 32.0 Å². The zero-order valence-electron chi connectivity index (χ0n) is 18.1. The van der Waals surface area contributed by atoms with E-state index in [1.807, 2.05) is 36.0 Å². The van der Waals surface area contributed by atoms with E-state index in [9.17, 15) is 10.2 Å². The molecule has 2 N–H and O–H groups in total. The molecule has 1 unspecified atom stereocenters. The van der Waals surface area contributed by atoms with Crippen LogP contribution in [0.3, 0.4) is 0 Å². The standard InChI is InChI=1S/C27H29NO3S/c29-21-7-3-19(4-8-21)25-18-31-26-12-9-22(30)17-24(26)27(25)20-5-10-23(11-6-20)32-16-15-28-13-1-2-14-28/h3-12,17,25,27,29-30H,1-2,13-16,18H2/t25-,27?/m1/s1. The monoisotopic (exact) mass is 447 g/mol. The number of benzene rings is 3. The Hall–Kier alpha value is -2.63. The Kier molecular flexibility index (Phi) is 6.28. The molecule has 32 heavy (non-hydrogen) atoms. The molecule has 0 bridgehead atoms. The van der Waals surface area contributed by atoms with Gasteiger partial charge in [0.1, 0.15) is 17.2 Å². The summed E-state index contributed by atoms with van der Waals surface area (Å²) < 4.78 is 6.07. The molecule has 2 aliphatic rings. The first-order valence-corrected chi connectivity index (χ1v) is 12.4.